The Labute approximate surface area is 115 Å². The average Bonchev–Trinajstić information content (AvgIpc) is 3.25. The van der Waals surface area contributed by atoms with Crippen molar-refractivity contribution in [2.24, 2.45) is 11.1 Å². The van der Waals surface area contributed by atoms with Crippen LogP contribution in [0.5, 0.6) is 0 Å². The number of ether oxygens (including phenoxy) is 2. The normalized spacial score (nSPS) is 22.5. The smallest absolute Gasteiger partial charge is 0.230 e. The summed E-state index contributed by atoms with van der Waals surface area (Å²) in [5.41, 5.74) is 5.51. The fourth-order valence-electron chi connectivity index (χ4n) is 2.64. The van der Waals surface area contributed by atoms with Gasteiger partial charge in [0, 0.05) is 26.2 Å². The predicted octanol–water partition coefficient (Wildman–Crippen LogP) is 0.769. The maximum atomic E-state index is 12.3. The highest BCUT2D eigenvalue weighted by molar-refractivity contribution is 5.85. The monoisotopic (exact) mass is 270 g/mol. The van der Waals surface area contributed by atoms with E-state index >= 15 is 0 Å². The van der Waals surface area contributed by atoms with E-state index in [0.717, 1.165) is 45.4 Å². The average molecular weight is 270 g/mol. The van der Waals surface area contributed by atoms with Crippen LogP contribution in [0.1, 0.15) is 32.6 Å². The molecule has 0 atom stereocenters. The molecule has 0 aromatic carbocycles. The van der Waals surface area contributed by atoms with Gasteiger partial charge < -0.3 is 20.1 Å². The van der Waals surface area contributed by atoms with Crippen LogP contribution in [0.15, 0.2) is 0 Å². The molecule has 110 valence electrons. The van der Waals surface area contributed by atoms with Crippen molar-refractivity contribution < 1.29 is 14.3 Å². The Morgan fingerprint density at radius 3 is 2.53 bits per heavy atom. The van der Waals surface area contributed by atoms with Crippen LogP contribution in [-0.4, -0.2) is 56.4 Å². The fourth-order valence-corrected chi connectivity index (χ4v) is 2.64. The molecule has 0 spiro atoms. The minimum Gasteiger partial charge on any atom is -0.379 e. The van der Waals surface area contributed by atoms with Crippen LogP contribution in [0.4, 0.5) is 0 Å². The molecule has 2 aliphatic rings. The number of nitrogens with two attached hydrogens (primary N) is 1. The Morgan fingerprint density at radius 1 is 1.32 bits per heavy atom. The summed E-state index contributed by atoms with van der Waals surface area (Å²) >= 11 is 0. The highest BCUT2D eigenvalue weighted by Gasteiger charge is 2.50. The fraction of sp³-hybridized carbons (Fsp3) is 0.929. The standard InChI is InChI=1S/C14H26N2O3/c1-2-18-9-10-19-12-3-7-16(8-4-12)13(17)14(11-15)5-6-14/h12H,2-11,15H2,1H3. The second-order valence-corrected chi connectivity index (χ2v) is 5.54. The minimum absolute atomic E-state index is 0.206. The first-order valence-corrected chi connectivity index (χ1v) is 7.40. The third kappa shape index (κ3) is 3.68. The molecule has 5 heteroatoms. The number of amides is 1. The molecule has 1 aliphatic heterocycles. The molecule has 1 saturated heterocycles. The maximum Gasteiger partial charge on any atom is 0.230 e. The van der Waals surface area contributed by atoms with Crippen molar-refractivity contribution in [1.29, 1.82) is 0 Å². The topological polar surface area (TPSA) is 64.8 Å². The van der Waals surface area contributed by atoms with Crippen LogP contribution in [0.3, 0.4) is 0 Å². The Morgan fingerprint density at radius 2 is 2.00 bits per heavy atom. The summed E-state index contributed by atoms with van der Waals surface area (Å²) in [7, 11) is 0. The van der Waals surface area contributed by atoms with E-state index in [1.807, 2.05) is 11.8 Å². The molecule has 1 amide bonds. The molecule has 0 aromatic rings. The van der Waals surface area contributed by atoms with Gasteiger partial charge >= 0.3 is 0 Å². The first kappa shape index (κ1) is 14.8. The lowest BCUT2D eigenvalue weighted by atomic mass is 10.0. The quantitative estimate of drug-likeness (QED) is 0.694. The SMILES string of the molecule is CCOCCOC1CCN(C(=O)C2(CN)CC2)CC1. The van der Waals surface area contributed by atoms with Gasteiger partial charge in [0.1, 0.15) is 0 Å². The van der Waals surface area contributed by atoms with Gasteiger partial charge in [-0.15, -0.1) is 0 Å². The Hall–Kier alpha value is -0.650. The van der Waals surface area contributed by atoms with Gasteiger partial charge in [-0.05, 0) is 32.6 Å². The van der Waals surface area contributed by atoms with Crippen molar-refractivity contribution in [3.63, 3.8) is 0 Å². The molecule has 0 radical (unpaired) electrons. The van der Waals surface area contributed by atoms with Crippen molar-refractivity contribution in [2.75, 3.05) is 39.5 Å². The van der Waals surface area contributed by atoms with E-state index < -0.39 is 0 Å². The van der Waals surface area contributed by atoms with Crippen molar-refractivity contribution >= 4 is 5.91 Å². The molecule has 0 aromatic heterocycles. The van der Waals surface area contributed by atoms with Gasteiger partial charge in [0.2, 0.25) is 5.91 Å². The lowest BCUT2D eigenvalue weighted by molar-refractivity contribution is -0.139. The number of hydrogen-bond donors (Lipinski definition) is 1. The predicted molar refractivity (Wildman–Crippen MR) is 72.8 cm³/mol. The zero-order chi connectivity index (χ0) is 13.7. The van der Waals surface area contributed by atoms with Crippen LogP contribution in [0.2, 0.25) is 0 Å². The zero-order valence-corrected chi connectivity index (χ0v) is 11.9. The van der Waals surface area contributed by atoms with E-state index in [1.54, 1.807) is 0 Å². The van der Waals surface area contributed by atoms with Crippen molar-refractivity contribution in [2.45, 2.75) is 38.7 Å². The van der Waals surface area contributed by atoms with Crippen molar-refractivity contribution in [3.05, 3.63) is 0 Å². The van der Waals surface area contributed by atoms with Gasteiger partial charge in [-0.2, -0.15) is 0 Å². The minimum atomic E-state index is -0.206. The number of nitrogens with zero attached hydrogens (tertiary/aromatic N) is 1. The number of likely N-dealkylation sites (tertiary alicyclic amines) is 1. The van der Waals surface area contributed by atoms with Crippen LogP contribution in [0.25, 0.3) is 0 Å². The maximum absolute atomic E-state index is 12.3. The second kappa shape index (κ2) is 6.68. The number of carbonyl (C=O) groups excluding carboxylic acids is 1. The van der Waals surface area contributed by atoms with Crippen LogP contribution < -0.4 is 5.73 Å². The molecule has 2 rings (SSSR count). The van der Waals surface area contributed by atoms with Crippen LogP contribution in [-0.2, 0) is 14.3 Å². The molecule has 5 nitrogen and oxygen atoms in total. The summed E-state index contributed by atoms with van der Waals surface area (Å²) in [5.74, 6) is 0.266. The summed E-state index contributed by atoms with van der Waals surface area (Å²) in [6.07, 6.45) is 4.06. The summed E-state index contributed by atoms with van der Waals surface area (Å²) in [4.78, 5) is 14.3. The van der Waals surface area contributed by atoms with E-state index in [-0.39, 0.29) is 17.4 Å². The Kier molecular flexibility index (Phi) is 5.19. The van der Waals surface area contributed by atoms with E-state index in [9.17, 15) is 4.79 Å². The first-order valence-electron chi connectivity index (χ1n) is 7.40. The molecule has 1 heterocycles. The number of hydrogen-bond acceptors (Lipinski definition) is 4. The molecule has 19 heavy (non-hydrogen) atoms. The summed E-state index contributed by atoms with van der Waals surface area (Å²) in [6.45, 7) is 6.13. The van der Waals surface area contributed by atoms with Gasteiger partial charge in [-0.1, -0.05) is 0 Å². The molecule has 2 fully saturated rings. The van der Waals surface area contributed by atoms with Gasteiger partial charge in [0.25, 0.3) is 0 Å². The molecular formula is C14H26N2O3. The third-order valence-corrected chi connectivity index (χ3v) is 4.21. The highest BCUT2D eigenvalue weighted by Crippen LogP contribution is 2.46. The van der Waals surface area contributed by atoms with E-state index in [4.69, 9.17) is 15.2 Å². The summed E-state index contributed by atoms with van der Waals surface area (Å²) in [5, 5.41) is 0. The molecule has 1 saturated carbocycles. The Balaban J connectivity index is 1.66. The molecule has 1 aliphatic carbocycles. The summed E-state index contributed by atoms with van der Waals surface area (Å²) < 4.78 is 11.0. The van der Waals surface area contributed by atoms with Gasteiger partial charge in [0.05, 0.1) is 24.7 Å². The molecular weight excluding hydrogens is 244 g/mol. The third-order valence-electron chi connectivity index (χ3n) is 4.21. The highest BCUT2D eigenvalue weighted by atomic mass is 16.5. The first-order chi connectivity index (χ1) is 9.22. The molecule has 2 N–H and O–H groups in total. The second-order valence-electron chi connectivity index (χ2n) is 5.54. The number of rotatable bonds is 7. The van der Waals surface area contributed by atoms with E-state index in [2.05, 4.69) is 0 Å². The van der Waals surface area contributed by atoms with Gasteiger partial charge in [-0.25, -0.2) is 0 Å². The van der Waals surface area contributed by atoms with Gasteiger partial charge in [0.15, 0.2) is 0 Å². The number of carbonyl (C=O) groups is 1. The van der Waals surface area contributed by atoms with E-state index in [0.29, 0.717) is 19.8 Å². The zero-order valence-electron chi connectivity index (χ0n) is 11.9. The van der Waals surface area contributed by atoms with Crippen LogP contribution >= 0.6 is 0 Å². The molecule has 0 bridgehead atoms. The van der Waals surface area contributed by atoms with Crippen LogP contribution in [0, 0.1) is 5.41 Å². The van der Waals surface area contributed by atoms with E-state index in [1.165, 1.54) is 0 Å². The lowest BCUT2D eigenvalue weighted by Crippen LogP contribution is -2.46. The molecule has 0 unspecified atom stereocenters. The van der Waals surface area contributed by atoms with Crippen molar-refractivity contribution in [1.82, 2.24) is 4.90 Å². The number of piperidine rings is 1. The largest absolute Gasteiger partial charge is 0.379 e. The van der Waals surface area contributed by atoms with Gasteiger partial charge in [-0.3, -0.25) is 4.79 Å². The van der Waals surface area contributed by atoms with Crippen molar-refractivity contribution in [3.8, 4) is 0 Å². The Bertz CT molecular complexity index is 297. The lowest BCUT2D eigenvalue weighted by Gasteiger charge is -2.34. The summed E-state index contributed by atoms with van der Waals surface area (Å²) in [6, 6.07) is 0.